The second-order valence-corrected chi connectivity index (χ2v) is 9.78. The summed E-state index contributed by atoms with van der Waals surface area (Å²) in [6.45, 7) is 5.09. The summed E-state index contributed by atoms with van der Waals surface area (Å²) in [7, 11) is 1.55. The maximum absolute atomic E-state index is 14.0. The number of carbonyl (C=O) groups is 3. The molecule has 0 aliphatic carbocycles. The van der Waals surface area contributed by atoms with Crippen LogP contribution in [-0.2, 0) is 16.1 Å². The average Bonchev–Trinajstić information content (AvgIpc) is 2.86. The van der Waals surface area contributed by atoms with Crippen molar-refractivity contribution in [2.45, 2.75) is 33.4 Å². The molecule has 3 rings (SSSR count). The molecular formula is C28H28BrF2N3O4. The van der Waals surface area contributed by atoms with Gasteiger partial charge < -0.3 is 20.3 Å². The van der Waals surface area contributed by atoms with Crippen LogP contribution in [0.1, 0.15) is 34.0 Å². The van der Waals surface area contributed by atoms with Crippen LogP contribution < -0.4 is 15.4 Å². The third-order valence-corrected chi connectivity index (χ3v) is 6.22. The van der Waals surface area contributed by atoms with Gasteiger partial charge in [-0.1, -0.05) is 28.1 Å². The van der Waals surface area contributed by atoms with Crippen molar-refractivity contribution in [2.75, 3.05) is 18.9 Å². The molecule has 0 bridgehead atoms. The van der Waals surface area contributed by atoms with Crippen LogP contribution >= 0.6 is 15.9 Å². The summed E-state index contributed by atoms with van der Waals surface area (Å²) in [6, 6.07) is 12.8. The largest absolute Gasteiger partial charge is 0.480 e. The minimum Gasteiger partial charge on any atom is -0.480 e. The molecule has 0 saturated heterocycles. The molecule has 0 aromatic heterocycles. The van der Waals surface area contributed by atoms with E-state index in [9.17, 15) is 23.2 Å². The number of anilines is 1. The predicted octanol–water partition coefficient (Wildman–Crippen LogP) is 5.14. The van der Waals surface area contributed by atoms with Gasteiger partial charge in [-0.25, -0.2) is 8.78 Å². The van der Waals surface area contributed by atoms with Crippen LogP contribution in [0, 0.1) is 25.5 Å². The van der Waals surface area contributed by atoms with Gasteiger partial charge in [0.1, 0.15) is 17.4 Å². The van der Waals surface area contributed by atoms with E-state index < -0.39 is 29.6 Å². The zero-order valence-corrected chi connectivity index (χ0v) is 23.0. The summed E-state index contributed by atoms with van der Waals surface area (Å²) in [6.07, 6.45) is -1.02. The molecule has 0 fully saturated rings. The van der Waals surface area contributed by atoms with Gasteiger partial charge in [0.05, 0.1) is 12.1 Å². The fourth-order valence-electron chi connectivity index (χ4n) is 3.70. The van der Waals surface area contributed by atoms with E-state index in [0.29, 0.717) is 5.69 Å². The number of aryl methyl sites for hydroxylation is 2. The molecule has 0 radical (unpaired) electrons. The second-order valence-electron chi connectivity index (χ2n) is 8.86. The molecule has 10 heteroatoms. The fraction of sp³-hybridized carbons (Fsp3) is 0.250. The van der Waals surface area contributed by atoms with Crippen molar-refractivity contribution in [2.24, 2.45) is 0 Å². The highest BCUT2D eigenvalue weighted by atomic mass is 79.9. The molecule has 3 aromatic carbocycles. The standard InChI is InChI=1S/C28H28BrF2N3O4/c1-16-11-20(29)12-17(2)26(16)33-27(36)18(3)38-24-10-9-22(31)13-23(24)28(37)32-14-25(35)34(4)15-19-5-7-21(30)8-6-19/h5-13,18H,14-15H2,1-4H3,(H,32,37)(H,33,36)/t18-/m1/s1. The minimum atomic E-state index is -1.02. The van der Waals surface area contributed by atoms with Gasteiger partial charge in [-0.05, 0) is 79.9 Å². The SMILES string of the molecule is Cc1cc(Br)cc(C)c1NC(=O)[C@@H](C)Oc1ccc(F)cc1C(=O)NCC(=O)N(C)Cc1ccc(F)cc1. The third-order valence-electron chi connectivity index (χ3n) is 5.76. The quantitative estimate of drug-likeness (QED) is 0.363. The Morgan fingerprint density at radius 2 is 1.58 bits per heavy atom. The van der Waals surface area contributed by atoms with E-state index in [4.69, 9.17) is 4.74 Å². The highest BCUT2D eigenvalue weighted by Gasteiger charge is 2.22. The Labute approximate surface area is 228 Å². The van der Waals surface area contributed by atoms with Gasteiger partial charge in [-0.15, -0.1) is 0 Å². The first-order valence-corrected chi connectivity index (χ1v) is 12.5. The van der Waals surface area contributed by atoms with Crippen LogP contribution in [0.25, 0.3) is 0 Å². The van der Waals surface area contributed by atoms with E-state index in [0.717, 1.165) is 33.3 Å². The third kappa shape index (κ3) is 7.61. The van der Waals surface area contributed by atoms with Crippen molar-refractivity contribution in [3.63, 3.8) is 0 Å². The molecule has 0 spiro atoms. The molecule has 2 N–H and O–H groups in total. The molecular weight excluding hydrogens is 560 g/mol. The molecule has 1 atom stereocenters. The molecule has 0 saturated carbocycles. The maximum Gasteiger partial charge on any atom is 0.265 e. The molecule has 3 aromatic rings. The van der Waals surface area contributed by atoms with Gasteiger partial charge in [0.15, 0.2) is 6.10 Å². The zero-order chi connectivity index (χ0) is 28.0. The van der Waals surface area contributed by atoms with Gasteiger partial charge >= 0.3 is 0 Å². The number of hydrogen-bond acceptors (Lipinski definition) is 4. The molecule has 0 unspecified atom stereocenters. The Morgan fingerprint density at radius 1 is 0.974 bits per heavy atom. The highest BCUT2D eigenvalue weighted by Crippen LogP contribution is 2.26. The maximum atomic E-state index is 14.0. The van der Waals surface area contributed by atoms with E-state index in [1.54, 1.807) is 19.2 Å². The van der Waals surface area contributed by atoms with E-state index >= 15 is 0 Å². The molecule has 38 heavy (non-hydrogen) atoms. The first-order valence-electron chi connectivity index (χ1n) is 11.7. The smallest absolute Gasteiger partial charge is 0.265 e. The second kappa shape index (κ2) is 12.6. The summed E-state index contributed by atoms with van der Waals surface area (Å²) >= 11 is 3.42. The number of nitrogens with one attached hydrogen (secondary N) is 2. The first-order chi connectivity index (χ1) is 17.9. The molecule has 7 nitrogen and oxygen atoms in total. The Balaban J connectivity index is 1.64. The van der Waals surface area contributed by atoms with Crippen LogP contribution in [0.3, 0.4) is 0 Å². The van der Waals surface area contributed by atoms with E-state index in [1.165, 1.54) is 30.0 Å². The number of amides is 3. The summed E-state index contributed by atoms with van der Waals surface area (Å²) < 4.78 is 33.7. The average molecular weight is 588 g/mol. The first kappa shape index (κ1) is 28.8. The van der Waals surface area contributed by atoms with Gasteiger partial charge in [0.25, 0.3) is 11.8 Å². The van der Waals surface area contributed by atoms with Gasteiger partial charge in [-0.2, -0.15) is 0 Å². The fourth-order valence-corrected chi connectivity index (χ4v) is 4.38. The van der Waals surface area contributed by atoms with Gasteiger partial charge in [0, 0.05) is 23.8 Å². The van der Waals surface area contributed by atoms with Crippen LogP contribution in [0.15, 0.2) is 59.1 Å². The number of ether oxygens (including phenoxy) is 1. The Bertz CT molecular complexity index is 1330. The van der Waals surface area contributed by atoms with E-state index in [2.05, 4.69) is 26.6 Å². The number of benzene rings is 3. The molecule has 200 valence electrons. The summed E-state index contributed by atoms with van der Waals surface area (Å²) in [5.74, 6) is -2.67. The van der Waals surface area contributed by atoms with Crippen LogP contribution in [0.5, 0.6) is 5.75 Å². The predicted molar refractivity (Wildman–Crippen MR) is 144 cm³/mol. The number of carbonyl (C=O) groups excluding carboxylic acids is 3. The Hall–Kier alpha value is -3.79. The normalized spacial score (nSPS) is 11.4. The van der Waals surface area contributed by atoms with E-state index in [1.807, 2.05) is 26.0 Å². The van der Waals surface area contributed by atoms with Crippen molar-refractivity contribution in [3.8, 4) is 5.75 Å². The lowest BCUT2D eigenvalue weighted by Crippen LogP contribution is -2.38. The van der Waals surface area contributed by atoms with Crippen LogP contribution in [0.2, 0.25) is 0 Å². The van der Waals surface area contributed by atoms with Gasteiger partial charge in [-0.3, -0.25) is 14.4 Å². The molecule has 0 heterocycles. The zero-order valence-electron chi connectivity index (χ0n) is 21.4. The highest BCUT2D eigenvalue weighted by molar-refractivity contribution is 9.10. The van der Waals surface area contributed by atoms with Crippen LogP contribution in [-0.4, -0.2) is 42.3 Å². The number of hydrogen-bond donors (Lipinski definition) is 2. The monoisotopic (exact) mass is 587 g/mol. The van der Waals surface area contributed by atoms with Crippen molar-refractivity contribution in [1.82, 2.24) is 10.2 Å². The van der Waals surface area contributed by atoms with Gasteiger partial charge in [0.2, 0.25) is 5.91 Å². The number of halogens is 3. The summed E-state index contributed by atoms with van der Waals surface area (Å²) in [5, 5.41) is 5.29. The summed E-state index contributed by atoms with van der Waals surface area (Å²) in [4.78, 5) is 39.5. The topological polar surface area (TPSA) is 87.7 Å². The number of likely N-dealkylation sites (N-methyl/N-ethyl adjacent to an activating group) is 1. The van der Waals surface area contributed by atoms with Crippen molar-refractivity contribution >= 4 is 39.3 Å². The lowest BCUT2D eigenvalue weighted by atomic mass is 10.1. The Kier molecular flexibility index (Phi) is 9.57. The lowest BCUT2D eigenvalue weighted by Gasteiger charge is -2.20. The Morgan fingerprint density at radius 3 is 2.21 bits per heavy atom. The van der Waals surface area contributed by atoms with Crippen molar-refractivity contribution in [3.05, 3.63) is 93.0 Å². The molecule has 0 aliphatic heterocycles. The number of rotatable bonds is 9. The molecule has 0 aliphatic rings. The van der Waals surface area contributed by atoms with E-state index in [-0.39, 0.29) is 30.2 Å². The number of nitrogens with zero attached hydrogens (tertiary/aromatic N) is 1. The lowest BCUT2D eigenvalue weighted by molar-refractivity contribution is -0.129. The minimum absolute atomic E-state index is 0.0112. The van der Waals surface area contributed by atoms with Crippen LogP contribution in [0.4, 0.5) is 14.5 Å². The van der Waals surface area contributed by atoms with Crippen molar-refractivity contribution < 1.29 is 27.9 Å². The molecule has 3 amide bonds. The van der Waals surface area contributed by atoms with Crippen molar-refractivity contribution in [1.29, 1.82) is 0 Å². The summed E-state index contributed by atoms with van der Waals surface area (Å²) in [5.41, 5.74) is 2.92.